The van der Waals surface area contributed by atoms with Gasteiger partial charge in [-0.1, -0.05) is 6.92 Å². The molecule has 1 aromatic carbocycles. The van der Waals surface area contributed by atoms with E-state index >= 15 is 0 Å². The van der Waals surface area contributed by atoms with Gasteiger partial charge in [0.05, 0.1) is 18.3 Å². The number of benzene rings is 1. The van der Waals surface area contributed by atoms with Gasteiger partial charge < -0.3 is 9.30 Å². The van der Waals surface area contributed by atoms with Crippen molar-refractivity contribution >= 4 is 17.2 Å². The average Bonchev–Trinajstić information content (AvgIpc) is 2.65. The first kappa shape index (κ1) is 10.7. The average molecular weight is 217 g/mol. The molecule has 3 heteroatoms. The Morgan fingerprint density at radius 3 is 2.69 bits per heavy atom. The molecule has 0 aliphatic carbocycles. The Hall–Kier alpha value is -1.77. The summed E-state index contributed by atoms with van der Waals surface area (Å²) in [6.45, 7) is 2.10. The first-order valence-corrected chi connectivity index (χ1v) is 5.32. The highest BCUT2D eigenvalue weighted by molar-refractivity contribution is 5.93. The lowest BCUT2D eigenvalue weighted by molar-refractivity contribution is 0.111. The van der Waals surface area contributed by atoms with Gasteiger partial charge in [-0.2, -0.15) is 0 Å². The zero-order chi connectivity index (χ0) is 11.7. The van der Waals surface area contributed by atoms with Gasteiger partial charge in [0.25, 0.3) is 0 Å². The topological polar surface area (TPSA) is 31.2 Å². The van der Waals surface area contributed by atoms with Gasteiger partial charge in [-0.3, -0.25) is 4.79 Å². The molecule has 0 unspecified atom stereocenters. The van der Waals surface area contributed by atoms with Crippen LogP contribution >= 0.6 is 0 Å². The number of hydrogen-bond donors (Lipinski definition) is 0. The lowest BCUT2D eigenvalue weighted by atomic mass is 10.1. The van der Waals surface area contributed by atoms with E-state index in [1.807, 2.05) is 23.7 Å². The van der Waals surface area contributed by atoms with Crippen LogP contribution in [0, 0.1) is 0 Å². The molecule has 16 heavy (non-hydrogen) atoms. The summed E-state index contributed by atoms with van der Waals surface area (Å²) in [7, 11) is 3.55. The molecule has 0 atom stereocenters. The number of ether oxygens (including phenoxy) is 1. The van der Waals surface area contributed by atoms with Gasteiger partial charge in [0.1, 0.15) is 5.75 Å². The molecule has 0 saturated carbocycles. The molecule has 0 bridgehead atoms. The van der Waals surface area contributed by atoms with E-state index < -0.39 is 0 Å². The Kier molecular flexibility index (Phi) is 2.69. The molecule has 1 aromatic heterocycles. The van der Waals surface area contributed by atoms with Crippen LogP contribution in [0.5, 0.6) is 5.75 Å². The lowest BCUT2D eigenvalue weighted by Gasteiger charge is -2.06. The van der Waals surface area contributed by atoms with E-state index in [0.717, 1.165) is 29.4 Å². The third-order valence-electron chi connectivity index (χ3n) is 2.97. The molecule has 0 N–H and O–H groups in total. The van der Waals surface area contributed by atoms with E-state index in [2.05, 4.69) is 13.0 Å². The highest BCUT2D eigenvalue weighted by Gasteiger charge is 2.10. The van der Waals surface area contributed by atoms with E-state index in [4.69, 9.17) is 4.74 Å². The van der Waals surface area contributed by atoms with Crippen LogP contribution in [0.2, 0.25) is 0 Å². The molecule has 2 rings (SSSR count). The van der Waals surface area contributed by atoms with Crippen LogP contribution < -0.4 is 4.74 Å². The smallest absolute Gasteiger partial charge is 0.166 e. The summed E-state index contributed by atoms with van der Waals surface area (Å²) in [5.74, 6) is 0.832. The first-order chi connectivity index (χ1) is 7.71. The summed E-state index contributed by atoms with van der Waals surface area (Å²) >= 11 is 0. The van der Waals surface area contributed by atoms with Crippen molar-refractivity contribution in [1.82, 2.24) is 4.57 Å². The second-order valence-corrected chi connectivity index (χ2v) is 3.83. The van der Waals surface area contributed by atoms with Crippen LogP contribution in [0.15, 0.2) is 18.2 Å². The molecule has 0 radical (unpaired) electrons. The fraction of sp³-hybridized carbons (Fsp3) is 0.308. The van der Waals surface area contributed by atoms with E-state index in [0.29, 0.717) is 5.69 Å². The van der Waals surface area contributed by atoms with E-state index in [9.17, 15) is 4.79 Å². The van der Waals surface area contributed by atoms with Gasteiger partial charge in [-0.05, 0) is 30.2 Å². The van der Waals surface area contributed by atoms with Crippen LogP contribution in [0.1, 0.15) is 23.0 Å². The number of nitrogens with zero attached hydrogens (tertiary/aromatic N) is 1. The molecular formula is C13H15NO2. The maximum absolute atomic E-state index is 10.9. The van der Waals surface area contributed by atoms with Gasteiger partial charge in [0.15, 0.2) is 6.29 Å². The standard InChI is InChI=1S/C13H15NO2/c1-4-9-5-12-11(13(6-9)16-3)7-10(8-15)14(12)2/h5-8H,4H2,1-3H3. The molecule has 2 aromatic rings. The largest absolute Gasteiger partial charge is 0.496 e. The van der Waals surface area contributed by atoms with Gasteiger partial charge in [0.2, 0.25) is 0 Å². The van der Waals surface area contributed by atoms with Crippen LogP contribution in [0.3, 0.4) is 0 Å². The number of aromatic nitrogens is 1. The predicted molar refractivity (Wildman–Crippen MR) is 64.2 cm³/mol. The minimum absolute atomic E-state index is 0.668. The molecule has 0 aliphatic rings. The molecule has 0 fully saturated rings. The number of carbonyl (C=O) groups excluding carboxylic acids is 1. The van der Waals surface area contributed by atoms with Gasteiger partial charge in [-0.25, -0.2) is 0 Å². The second-order valence-electron chi connectivity index (χ2n) is 3.83. The maximum Gasteiger partial charge on any atom is 0.166 e. The van der Waals surface area contributed by atoms with Crippen molar-refractivity contribution in [1.29, 1.82) is 0 Å². The summed E-state index contributed by atoms with van der Waals surface area (Å²) in [5, 5.41) is 0.990. The summed E-state index contributed by atoms with van der Waals surface area (Å²) in [5.41, 5.74) is 2.92. The third-order valence-corrected chi connectivity index (χ3v) is 2.97. The van der Waals surface area contributed by atoms with Crippen molar-refractivity contribution in [2.75, 3.05) is 7.11 Å². The minimum atomic E-state index is 0.668. The Morgan fingerprint density at radius 1 is 1.38 bits per heavy atom. The Labute approximate surface area is 94.6 Å². The van der Waals surface area contributed by atoms with Crippen molar-refractivity contribution in [3.63, 3.8) is 0 Å². The number of aryl methyl sites for hydroxylation is 2. The lowest BCUT2D eigenvalue weighted by Crippen LogP contribution is -1.94. The van der Waals surface area contributed by atoms with Crippen molar-refractivity contribution in [2.45, 2.75) is 13.3 Å². The number of methoxy groups -OCH3 is 1. The zero-order valence-electron chi connectivity index (χ0n) is 9.78. The molecule has 0 spiro atoms. The summed E-state index contributed by atoms with van der Waals surface area (Å²) in [6.07, 6.45) is 1.82. The monoisotopic (exact) mass is 217 g/mol. The van der Waals surface area contributed by atoms with Crippen LogP contribution in [0.25, 0.3) is 10.9 Å². The van der Waals surface area contributed by atoms with Crippen molar-refractivity contribution in [2.24, 2.45) is 7.05 Å². The minimum Gasteiger partial charge on any atom is -0.496 e. The van der Waals surface area contributed by atoms with Gasteiger partial charge in [0, 0.05) is 12.4 Å². The van der Waals surface area contributed by atoms with Crippen molar-refractivity contribution < 1.29 is 9.53 Å². The SMILES string of the molecule is CCc1cc(OC)c2cc(C=O)n(C)c2c1. The normalized spacial score (nSPS) is 10.7. The molecule has 0 amide bonds. The summed E-state index contributed by atoms with van der Waals surface area (Å²) in [4.78, 5) is 10.9. The highest BCUT2D eigenvalue weighted by atomic mass is 16.5. The van der Waals surface area contributed by atoms with E-state index in [1.165, 1.54) is 5.56 Å². The third kappa shape index (κ3) is 1.48. The predicted octanol–water partition coefficient (Wildman–Crippen LogP) is 2.56. The molecule has 1 heterocycles. The van der Waals surface area contributed by atoms with Crippen LogP contribution in [-0.4, -0.2) is 18.0 Å². The Morgan fingerprint density at radius 2 is 2.12 bits per heavy atom. The number of fused-ring (bicyclic) bond motifs is 1. The van der Waals surface area contributed by atoms with Gasteiger partial charge in [-0.15, -0.1) is 0 Å². The molecule has 3 nitrogen and oxygen atoms in total. The molecule has 0 aliphatic heterocycles. The van der Waals surface area contributed by atoms with Crippen molar-refractivity contribution in [3.05, 3.63) is 29.5 Å². The zero-order valence-corrected chi connectivity index (χ0v) is 9.78. The molecular weight excluding hydrogens is 202 g/mol. The summed E-state index contributed by atoms with van der Waals surface area (Å²) < 4.78 is 7.25. The van der Waals surface area contributed by atoms with Gasteiger partial charge >= 0.3 is 0 Å². The van der Waals surface area contributed by atoms with E-state index in [1.54, 1.807) is 7.11 Å². The number of rotatable bonds is 3. The fourth-order valence-electron chi connectivity index (χ4n) is 1.96. The number of carbonyl (C=O) groups is 1. The quantitative estimate of drug-likeness (QED) is 0.740. The highest BCUT2D eigenvalue weighted by Crippen LogP contribution is 2.29. The molecule has 0 saturated heterocycles. The first-order valence-electron chi connectivity index (χ1n) is 5.32. The Bertz CT molecular complexity index is 540. The number of hydrogen-bond acceptors (Lipinski definition) is 2. The summed E-state index contributed by atoms with van der Waals surface area (Å²) in [6, 6.07) is 5.99. The Balaban J connectivity index is 2.81. The molecule has 84 valence electrons. The fourth-order valence-corrected chi connectivity index (χ4v) is 1.96. The number of aldehydes is 1. The second kappa shape index (κ2) is 4.00. The van der Waals surface area contributed by atoms with E-state index in [-0.39, 0.29) is 0 Å². The van der Waals surface area contributed by atoms with Crippen LogP contribution in [0.4, 0.5) is 0 Å². The van der Waals surface area contributed by atoms with Crippen molar-refractivity contribution in [3.8, 4) is 5.75 Å². The van der Waals surface area contributed by atoms with Crippen LogP contribution in [-0.2, 0) is 13.5 Å². The maximum atomic E-state index is 10.9.